The Balaban J connectivity index is 1.46. The van der Waals surface area contributed by atoms with E-state index < -0.39 is 0 Å². The lowest BCUT2D eigenvalue weighted by Crippen LogP contribution is -2.48. The van der Waals surface area contributed by atoms with Crippen molar-refractivity contribution >= 4 is 46.4 Å². The molecule has 2 heterocycles. The summed E-state index contributed by atoms with van der Waals surface area (Å²) in [5.41, 5.74) is 0.803. The Kier molecular flexibility index (Phi) is 8.47. The van der Waals surface area contributed by atoms with Gasteiger partial charge in [-0.15, -0.1) is 11.3 Å². The molecule has 162 valence electrons. The summed E-state index contributed by atoms with van der Waals surface area (Å²) in [5.74, 6) is -0.0520. The molecule has 2 amide bonds. The number of rotatable bonds is 8. The molecule has 0 unspecified atom stereocenters. The Morgan fingerprint density at radius 3 is 2.70 bits per heavy atom. The molecule has 0 bridgehead atoms. The van der Waals surface area contributed by atoms with Crippen molar-refractivity contribution in [3.05, 3.63) is 49.9 Å². The first-order chi connectivity index (χ1) is 14.5. The van der Waals surface area contributed by atoms with Gasteiger partial charge in [-0.1, -0.05) is 29.3 Å². The van der Waals surface area contributed by atoms with Crippen molar-refractivity contribution in [2.75, 3.05) is 39.9 Å². The fourth-order valence-electron chi connectivity index (χ4n) is 3.11. The van der Waals surface area contributed by atoms with E-state index in [1.807, 2.05) is 4.90 Å². The van der Waals surface area contributed by atoms with Crippen LogP contribution in [-0.4, -0.2) is 66.5 Å². The van der Waals surface area contributed by atoms with E-state index in [4.69, 9.17) is 27.9 Å². The van der Waals surface area contributed by atoms with Crippen molar-refractivity contribution in [2.45, 2.75) is 19.5 Å². The Hall–Kier alpha value is -1.71. The summed E-state index contributed by atoms with van der Waals surface area (Å²) in [4.78, 5) is 33.5. The topological polar surface area (TPSA) is 74.8 Å². The standard InChI is InChI=1S/C20H24Cl2N4O3S/c1-29-9-4-19(27)26-7-5-25(6-8-26)13-18-23-12-17(30-18)20(28)24-11-14-2-3-15(21)10-16(14)22/h2-3,10,12H,4-9,11,13H2,1H3,(H,24,28). The highest BCUT2D eigenvalue weighted by molar-refractivity contribution is 7.13. The van der Waals surface area contributed by atoms with Gasteiger partial charge in [0.25, 0.3) is 5.91 Å². The molecule has 1 saturated heterocycles. The van der Waals surface area contributed by atoms with Crippen LogP contribution >= 0.6 is 34.5 Å². The molecular weight excluding hydrogens is 447 g/mol. The molecule has 0 spiro atoms. The lowest BCUT2D eigenvalue weighted by Gasteiger charge is -2.34. The van der Waals surface area contributed by atoms with Crippen molar-refractivity contribution in [2.24, 2.45) is 0 Å². The number of nitrogens with zero attached hydrogens (tertiary/aromatic N) is 3. The zero-order valence-electron chi connectivity index (χ0n) is 16.7. The quantitative estimate of drug-likeness (QED) is 0.641. The summed E-state index contributed by atoms with van der Waals surface area (Å²) in [6.07, 6.45) is 2.02. The van der Waals surface area contributed by atoms with E-state index in [-0.39, 0.29) is 11.8 Å². The molecular formula is C20H24Cl2N4O3S. The minimum Gasteiger partial charge on any atom is -0.384 e. The second kappa shape index (κ2) is 11.1. The normalized spacial score (nSPS) is 14.7. The highest BCUT2D eigenvalue weighted by atomic mass is 35.5. The van der Waals surface area contributed by atoms with E-state index in [1.54, 1.807) is 31.5 Å². The second-order valence-corrected chi connectivity index (χ2v) is 8.90. The van der Waals surface area contributed by atoms with Gasteiger partial charge in [0, 0.05) is 49.9 Å². The molecule has 2 aromatic rings. The van der Waals surface area contributed by atoms with Crippen molar-refractivity contribution < 1.29 is 14.3 Å². The van der Waals surface area contributed by atoms with Crippen LogP contribution in [0.4, 0.5) is 0 Å². The van der Waals surface area contributed by atoms with Gasteiger partial charge in [0.05, 0.1) is 25.8 Å². The Morgan fingerprint density at radius 1 is 1.23 bits per heavy atom. The molecule has 0 aliphatic carbocycles. The molecule has 0 atom stereocenters. The summed E-state index contributed by atoms with van der Waals surface area (Å²) in [6.45, 7) is 4.41. The summed E-state index contributed by atoms with van der Waals surface area (Å²) >= 11 is 13.4. The molecule has 30 heavy (non-hydrogen) atoms. The second-order valence-electron chi connectivity index (χ2n) is 6.94. The monoisotopic (exact) mass is 470 g/mol. The third-order valence-corrected chi connectivity index (χ3v) is 6.40. The van der Waals surface area contributed by atoms with E-state index >= 15 is 0 Å². The van der Waals surface area contributed by atoms with E-state index in [2.05, 4.69) is 15.2 Å². The van der Waals surface area contributed by atoms with E-state index in [9.17, 15) is 9.59 Å². The molecule has 1 aliphatic heterocycles. The van der Waals surface area contributed by atoms with Gasteiger partial charge in [0.1, 0.15) is 9.88 Å². The molecule has 1 aliphatic rings. The molecule has 3 rings (SSSR count). The average molecular weight is 471 g/mol. The van der Waals surface area contributed by atoms with Crippen molar-refractivity contribution in [1.29, 1.82) is 0 Å². The fourth-order valence-corrected chi connectivity index (χ4v) is 4.46. The van der Waals surface area contributed by atoms with E-state index in [0.29, 0.717) is 54.1 Å². The molecule has 10 heteroatoms. The van der Waals surface area contributed by atoms with Gasteiger partial charge in [-0.05, 0) is 17.7 Å². The van der Waals surface area contributed by atoms with Crippen molar-refractivity contribution in [1.82, 2.24) is 20.1 Å². The third kappa shape index (κ3) is 6.39. The first-order valence-electron chi connectivity index (χ1n) is 9.62. The lowest BCUT2D eigenvalue weighted by atomic mass is 10.2. The first-order valence-corrected chi connectivity index (χ1v) is 11.2. The number of benzene rings is 1. The molecule has 1 N–H and O–H groups in total. The van der Waals surface area contributed by atoms with Gasteiger partial charge in [-0.2, -0.15) is 0 Å². The van der Waals surface area contributed by atoms with Crippen LogP contribution in [0.3, 0.4) is 0 Å². The van der Waals surface area contributed by atoms with E-state index in [1.165, 1.54) is 11.3 Å². The number of nitrogens with one attached hydrogen (secondary N) is 1. The summed E-state index contributed by atoms with van der Waals surface area (Å²) in [6, 6.07) is 5.19. The van der Waals surface area contributed by atoms with Crippen molar-refractivity contribution in [3.63, 3.8) is 0 Å². The number of ether oxygens (including phenoxy) is 1. The number of hydrogen-bond donors (Lipinski definition) is 1. The fraction of sp³-hybridized carbons (Fsp3) is 0.450. The zero-order valence-corrected chi connectivity index (χ0v) is 19.0. The Bertz CT molecular complexity index is 885. The Morgan fingerprint density at radius 2 is 2.00 bits per heavy atom. The largest absolute Gasteiger partial charge is 0.384 e. The maximum Gasteiger partial charge on any atom is 0.263 e. The average Bonchev–Trinajstić information content (AvgIpc) is 3.20. The number of piperazine rings is 1. The van der Waals surface area contributed by atoms with Crippen molar-refractivity contribution in [3.8, 4) is 0 Å². The van der Waals surface area contributed by atoms with Crippen LogP contribution in [0, 0.1) is 0 Å². The van der Waals surface area contributed by atoms with Gasteiger partial charge < -0.3 is 15.0 Å². The smallest absolute Gasteiger partial charge is 0.263 e. The van der Waals surface area contributed by atoms with Gasteiger partial charge in [-0.25, -0.2) is 4.98 Å². The molecule has 1 aromatic heterocycles. The number of aromatic nitrogens is 1. The Labute approximate surface area is 189 Å². The van der Waals surface area contributed by atoms with Gasteiger partial charge >= 0.3 is 0 Å². The number of carbonyl (C=O) groups excluding carboxylic acids is 2. The summed E-state index contributed by atoms with van der Waals surface area (Å²) < 4.78 is 4.97. The number of carbonyl (C=O) groups is 2. The molecule has 7 nitrogen and oxygen atoms in total. The molecule has 0 radical (unpaired) electrons. The number of methoxy groups -OCH3 is 1. The van der Waals surface area contributed by atoms with Gasteiger partial charge in [0.15, 0.2) is 0 Å². The third-order valence-electron chi connectivity index (χ3n) is 4.84. The van der Waals surface area contributed by atoms with Crippen LogP contribution in [0.25, 0.3) is 0 Å². The summed E-state index contributed by atoms with van der Waals surface area (Å²) in [5, 5.41) is 4.82. The van der Waals surface area contributed by atoms with Gasteiger partial charge in [-0.3, -0.25) is 14.5 Å². The van der Waals surface area contributed by atoms with E-state index in [0.717, 1.165) is 23.7 Å². The predicted molar refractivity (Wildman–Crippen MR) is 118 cm³/mol. The first kappa shape index (κ1) is 23.0. The highest BCUT2D eigenvalue weighted by Gasteiger charge is 2.22. The number of thiazole rings is 1. The lowest BCUT2D eigenvalue weighted by molar-refractivity contribution is -0.133. The van der Waals surface area contributed by atoms with Crippen LogP contribution in [0.1, 0.15) is 26.7 Å². The van der Waals surface area contributed by atoms with Crippen LogP contribution in [-0.2, 0) is 22.6 Å². The number of halogens is 2. The number of hydrogen-bond acceptors (Lipinski definition) is 6. The predicted octanol–water partition coefficient (Wildman–Crippen LogP) is 3.06. The van der Waals surface area contributed by atoms with Gasteiger partial charge in [0.2, 0.25) is 5.91 Å². The molecule has 1 aromatic carbocycles. The minimum absolute atomic E-state index is 0.130. The highest BCUT2D eigenvalue weighted by Crippen LogP contribution is 2.21. The zero-order chi connectivity index (χ0) is 21.5. The molecule has 1 fully saturated rings. The van der Waals surface area contributed by atoms with Crippen LogP contribution in [0.15, 0.2) is 24.4 Å². The van der Waals surface area contributed by atoms with Crippen LogP contribution in [0.5, 0.6) is 0 Å². The maximum atomic E-state index is 12.4. The number of amides is 2. The van der Waals surface area contributed by atoms with Crippen LogP contribution < -0.4 is 5.32 Å². The van der Waals surface area contributed by atoms with Crippen LogP contribution in [0.2, 0.25) is 10.0 Å². The summed E-state index contributed by atoms with van der Waals surface area (Å²) in [7, 11) is 1.60. The SMILES string of the molecule is COCCC(=O)N1CCN(Cc2ncc(C(=O)NCc3ccc(Cl)cc3Cl)s2)CC1. The molecule has 0 saturated carbocycles. The maximum absolute atomic E-state index is 12.4. The minimum atomic E-state index is -0.182.